The Bertz CT molecular complexity index is 162. The smallest absolute Gasteiger partial charge is 0.00926 e. The number of nitrogens with two attached hydrogens (primary N) is 1. The molecule has 16 heavy (non-hydrogen) atoms. The largest absolute Gasteiger partial charge is 0.330 e. The number of nitrogens with zero attached hydrogens (tertiary/aromatic N) is 1. The average molecular weight is 226 g/mol. The molecule has 2 heteroatoms. The summed E-state index contributed by atoms with van der Waals surface area (Å²) in [6.45, 7) is 8.13. The van der Waals surface area contributed by atoms with E-state index in [2.05, 4.69) is 18.7 Å². The molecular formula is C14H30N2. The highest BCUT2D eigenvalue weighted by molar-refractivity contribution is 4.78. The second kappa shape index (κ2) is 8.08. The van der Waals surface area contributed by atoms with Gasteiger partial charge < -0.3 is 10.6 Å². The van der Waals surface area contributed by atoms with Gasteiger partial charge in [-0.2, -0.15) is 0 Å². The Morgan fingerprint density at radius 1 is 1.25 bits per heavy atom. The van der Waals surface area contributed by atoms with Crippen molar-refractivity contribution in [3.8, 4) is 0 Å². The van der Waals surface area contributed by atoms with Crippen molar-refractivity contribution in [3.05, 3.63) is 0 Å². The van der Waals surface area contributed by atoms with E-state index in [0.29, 0.717) is 0 Å². The van der Waals surface area contributed by atoms with Gasteiger partial charge in [0.15, 0.2) is 0 Å². The SMILES string of the molecule is CCCCC(CC)N1CCC(CCN)CC1. The first-order valence-electron chi connectivity index (χ1n) is 7.25. The average Bonchev–Trinajstić information content (AvgIpc) is 2.32. The van der Waals surface area contributed by atoms with Crippen LogP contribution in [0.15, 0.2) is 0 Å². The molecule has 1 rings (SSSR count). The topological polar surface area (TPSA) is 29.3 Å². The number of hydrogen-bond acceptors (Lipinski definition) is 2. The quantitative estimate of drug-likeness (QED) is 0.723. The fourth-order valence-electron chi connectivity index (χ4n) is 2.93. The van der Waals surface area contributed by atoms with Crippen molar-refractivity contribution in [2.24, 2.45) is 11.7 Å². The van der Waals surface area contributed by atoms with Gasteiger partial charge in [-0.1, -0.05) is 26.7 Å². The standard InChI is InChI=1S/C14H30N2/c1-3-5-6-14(4-2)16-11-8-13(7-10-15)9-12-16/h13-14H,3-12,15H2,1-2H3. The number of unbranched alkanes of at least 4 members (excludes halogenated alkanes) is 1. The van der Waals surface area contributed by atoms with E-state index in [1.54, 1.807) is 0 Å². The van der Waals surface area contributed by atoms with E-state index in [1.807, 2.05) is 0 Å². The summed E-state index contributed by atoms with van der Waals surface area (Å²) < 4.78 is 0. The lowest BCUT2D eigenvalue weighted by Gasteiger charge is -2.37. The maximum Gasteiger partial charge on any atom is 0.00926 e. The Morgan fingerprint density at radius 2 is 1.94 bits per heavy atom. The third-order valence-corrected chi connectivity index (χ3v) is 4.10. The third kappa shape index (κ3) is 4.42. The molecule has 0 spiro atoms. The van der Waals surface area contributed by atoms with Crippen molar-refractivity contribution >= 4 is 0 Å². The molecule has 1 atom stereocenters. The maximum atomic E-state index is 5.63. The monoisotopic (exact) mass is 226 g/mol. The van der Waals surface area contributed by atoms with Gasteiger partial charge in [-0.05, 0) is 57.7 Å². The minimum Gasteiger partial charge on any atom is -0.330 e. The predicted molar refractivity (Wildman–Crippen MR) is 71.6 cm³/mol. The van der Waals surface area contributed by atoms with Crippen molar-refractivity contribution in [3.63, 3.8) is 0 Å². The van der Waals surface area contributed by atoms with Crippen LogP contribution in [0, 0.1) is 5.92 Å². The first kappa shape index (κ1) is 14.0. The van der Waals surface area contributed by atoms with Gasteiger partial charge in [0.2, 0.25) is 0 Å². The summed E-state index contributed by atoms with van der Waals surface area (Å²) >= 11 is 0. The van der Waals surface area contributed by atoms with Crippen LogP contribution in [0.5, 0.6) is 0 Å². The summed E-state index contributed by atoms with van der Waals surface area (Å²) in [4.78, 5) is 2.72. The first-order valence-corrected chi connectivity index (χ1v) is 7.25. The molecule has 1 fully saturated rings. The summed E-state index contributed by atoms with van der Waals surface area (Å²) in [6, 6.07) is 0.846. The minimum absolute atomic E-state index is 0.846. The highest BCUT2D eigenvalue weighted by Gasteiger charge is 2.23. The molecule has 1 saturated heterocycles. The van der Waals surface area contributed by atoms with Crippen molar-refractivity contribution in [2.45, 2.75) is 64.8 Å². The minimum atomic E-state index is 0.846. The van der Waals surface area contributed by atoms with Crippen LogP contribution >= 0.6 is 0 Å². The van der Waals surface area contributed by atoms with E-state index in [9.17, 15) is 0 Å². The van der Waals surface area contributed by atoms with Gasteiger partial charge in [-0.15, -0.1) is 0 Å². The van der Waals surface area contributed by atoms with Gasteiger partial charge in [0.05, 0.1) is 0 Å². The lowest BCUT2D eigenvalue weighted by Crippen LogP contribution is -2.41. The zero-order valence-electron chi connectivity index (χ0n) is 11.3. The van der Waals surface area contributed by atoms with Crippen LogP contribution in [0.4, 0.5) is 0 Å². The Hall–Kier alpha value is -0.0800. The van der Waals surface area contributed by atoms with Crippen molar-refractivity contribution in [2.75, 3.05) is 19.6 Å². The van der Waals surface area contributed by atoms with E-state index in [-0.39, 0.29) is 0 Å². The van der Waals surface area contributed by atoms with Crippen LogP contribution in [0.25, 0.3) is 0 Å². The molecule has 1 aliphatic rings. The summed E-state index contributed by atoms with van der Waals surface area (Å²) in [5.74, 6) is 0.907. The molecule has 2 nitrogen and oxygen atoms in total. The molecule has 0 aliphatic carbocycles. The second-order valence-corrected chi connectivity index (χ2v) is 5.26. The molecule has 0 radical (unpaired) electrons. The first-order chi connectivity index (χ1) is 7.81. The number of piperidine rings is 1. The Morgan fingerprint density at radius 3 is 2.44 bits per heavy atom. The van der Waals surface area contributed by atoms with E-state index in [1.165, 1.54) is 58.0 Å². The molecule has 1 heterocycles. The molecule has 0 amide bonds. The maximum absolute atomic E-state index is 5.63. The van der Waals surface area contributed by atoms with Crippen LogP contribution in [-0.4, -0.2) is 30.6 Å². The van der Waals surface area contributed by atoms with Gasteiger partial charge in [0, 0.05) is 6.04 Å². The van der Waals surface area contributed by atoms with Gasteiger partial charge in [-0.25, -0.2) is 0 Å². The summed E-state index contributed by atoms with van der Waals surface area (Å²) in [6.07, 6.45) is 9.43. The summed E-state index contributed by atoms with van der Waals surface area (Å²) in [5, 5.41) is 0. The molecule has 0 aromatic heterocycles. The highest BCUT2D eigenvalue weighted by atomic mass is 15.2. The van der Waals surface area contributed by atoms with Gasteiger partial charge in [-0.3, -0.25) is 0 Å². The predicted octanol–water partition coefficient (Wildman–Crippen LogP) is 3.02. The van der Waals surface area contributed by atoms with E-state index in [4.69, 9.17) is 5.73 Å². The molecule has 96 valence electrons. The molecule has 0 saturated carbocycles. The van der Waals surface area contributed by atoms with E-state index in [0.717, 1.165) is 18.5 Å². The number of hydrogen-bond donors (Lipinski definition) is 1. The zero-order valence-corrected chi connectivity index (χ0v) is 11.3. The van der Waals surface area contributed by atoms with Crippen LogP contribution in [-0.2, 0) is 0 Å². The van der Waals surface area contributed by atoms with E-state index < -0.39 is 0 Å². The number of rotatable bonds is 7. The molecule has 2 N–H and O–H groups in total. The second-order valence-electron chi connectivity index (χ2n) is 5.26. The highest BCUT2D eigenvalue weighted by Crippen LogP contribution is 2.23. The lowest BCUT2D eigenvalue weighted by atomic mass is 9.92. The van der Waals surface area contributed by atoms with E-state index >= 15 is 0 Å². The molecule has 0 aromatic rings. The third-order valence-electron chi connectivity index (χ3n) is 4.10. The van der Waals surface area contributed by atoms with Gasteiger partial charge in [0.1, 0.15) is 0 Å². The molecular weight excluding hydrogens is 196 g/mol. The van der Waals surface area contributed by atoms with Crippen LogP contribution < -0.4 is 5.73 Å². The summed E-state index contributed by atoms with van der Waals surface area (Å²) in [7, 11) is 0. The van der Waals surface area contributed by atoms with Crippen molar-refractivity contribution in [1.82, 2.24) is 4.90 Å². The number of likely N-dealkylation sites (tertiary alicyclic amines) is 1. The lowest BCUT2D eigenvalue weighted by molar-refractivity contribution is 0.119. The van der Waals surface area contributed by atoms with Crippen molar-refractivity contribution in [1.29, 1.82) is 0 Å². The molecule has 0 bridgehead atoms. The Labute approximate surface area is 102 Å². The molecule has 0 aromatic carbocycles. The fraction of sp³-hybridized carbons (Fsp3) is 1.00. The van der Waals surface area contributed by atoms with Gasteiger partial charge in [0.25, 0.3) is 0 Å². The normalized spacial score (nSPS) is 21.2. The van der Waals surface area contributed by atoms with Crippen LogP contribution in [0.2, 0.25) is 0 Å². The summed E-state index contributed by atoms with van der Waals surface area (Å²) in [5.41, 5.74) is 5.63. The van der Waals surface area contributed by atoms with Crippen LogP contribution in [0.3, 0.4) is 0 Å². The Kier molecular flexibility index (Phi) is 7.06. The fourth-order valence-corrected chi connectivity index (χ4v) is 2.93. The van der Waals surface area contributed by atoms with Crippen molar-refractivity contribution < 1.29 is 0 Å². The molecule has 1 unspecified atom stereocenters. The zero-order chi connectivity index (χ0) is 11.8. The molecule has 1 aliphatic heterocycles. The van der Waals surface area contributed by atoms with Crippen LogP contribution in [0.1, 0.15) is 58.8 Å². The van der Waals surface area contributed by atoms with Gasteiger partial charge >= 0.3 is 0 Å². The Balaban J connectivity index is 2.27.